The Hall–Kier alpha value is -2.17. The lowest BCUT2D eigenvalue weighted by molar-refractivity contribution is -0.141. The standard InChI is InChI=1S/C17H17ClF5N3O3/c18-9-1-2-10(25-13(9)17(21,22)23)12(8-3-5-16(19,20)6-4-8)26-14(27)11-7-24-15(28)29-11/h1-2,8,11-12H,3-7H2,(H,24,28)(H,26,27)/t11-,12-/m0/s1. The van der Waals surface area contributed by atoms with Gasteiger partial charge in [-0.25, -0.2) is 18.6 Å². The molecular formula is C17H17ClF5N3O3. The third-order valence-electron chi connectivity index (χ3n) is 4.96. The number of carbonyl (C=O) groups excluding carboxylic acids is 2. The van der Waals surface area contributed by atoms with E-state index in [1.165, 1.54) is 6.07 Å². The van der Waals surface area contributed by atoms with Crippen LogP contribution in [-0.2, 0) is 15.7 Å². The number of ether oxygens (including phenoxy) is 1. The minimum Gasteiger partial charge on any atom is -0.434 e. The van der Waals surface area contributed by atoms with Crippen molar-refractivity contribution in [3.05, 3.63) is 28.5 Å². The predicted molar refractivity (Wildman–Crippen MR) is 90.3 cm³/mol. The number of hydrogen-bond donors (Lipinski definition) is 2. The molecule has 2 amide bonds. The topological polar surface area (TPSA) is 80.3 Å². The van der Waals surface area contributed by atoms with Gasteiger partial charge in [0.1, 0.15) is 0 Å². The van der Waals surface area contributed by atoms with Crippen LogP contribution in [0, 0.1) is 5.92 Å². The van der Waals surface area contributed by atoms with Gasteiger partial charge in [-0.15, -0.1) is 0 Å². The zero-order valence-electron chi connectivity index (χ0n) is 14.9. The first-order chi connectivity index (χ1) is 13.5. The van der Waals surface area contributed by atoms with Gasteiger partial charge in [0, 0.05) is 12.8 Å². The highest BCUT2D eigenvalue weighted by atomic mass is 35.5. The Bertz CT molecular complexity index is 795. The van der Waals surface area contributed by atoms with Crippen LogP contribution in [0.5, 0.6) is 0 Å². The lowest BCUT2D eigenvalue weighted by atomic mass is 9.80. The number of rotatable bonds is 4. The van der Waals surface area contributed by atoms with E-state index in [2.05, 4.69) is 15.6 Å². The molecular weight excluding hydrogens is 425 g/mol. The second-order valence-corrected chi connectivity index (χ2v) is 7.43. The van der Waals surface area contributed by atoms with E-state index in [9.17, 15) is 31.5 Å². The Balaban J connectivity index is 1.88. The summed E-state index contributed by atoms with van der Waals surface area (Å²) in [5, 5.41) is 4.19. The molecule has 0 bridgehead atoms. The van der Waals surface area contributed by atoms with Crippen LogP contribution >= 0.6 is 11.6 Å². The number of alkyl halides is 5. The molecule has 12 heteroatoms. The number of hydrogen-bond acceptors (Lipinski definition) is 4. The highest BCUT2D eigenvalue weighted by Crippen LogP contribution is 2.42. The monoisotopic (exact) mass is 441 g/mol. The summed E-state index contributed by atoms with van der Waals surface area (Å²) >= 11 is 5.60. The van der Waals surface area contributed by atoms with Crippen molar-refractivity contribution in [2.45, 2.75) is 49.9 Å². The van der Waals surface area contributed by atoms with Crippen LogP contribution in [0.25, 0.3) is 0 Å². The molecule has 1 aliphatic heterocycles. The molecule has 160 valence electrons. The number of halogens is 6. The van der Waals surface area contributed by atoms with Crippen molar-refractivity contribution in [1.82, 2.24) is 15.6 Å². The Morgan fingerprint density at radius 2 is 1.97 bits per heavy atom. The fourth-order valence-electron chi connectivity index (χ4n) is 3.44. The van der Waals surface area contributed by atoms with Gasteiger partial charge in [0.15, 0.2) is 11.8 Å². The van der Waals surface area contributed by atoms with Gasteiger partial charge in [-0.2, -0.15) is 13.2 Å². The van der Waals surface area contributed by atoms with Crippen molar-refractivity contribution in [3.63, 3.8) is 0 Å². The Kier molecular flexibility index (Phi) is 5.88. The van der Waals surface area contributed by atoms with Gasteiger partial charge in [-0.1, -0.05) is 11.6 Å². The molecule has 0 unspecified atom stereocenters. The fourth-order valence-corrected chi connectivity index (χ4v) is 3.65. The third-order valence-corrected chi connectivity index (χ3v) is 5.26. The van der Waals surface area contributed by atoms with Gasteiger partial charge in [-0.05, 0) is 30.9 Å². The van der Waals surface area contributed by atoms with Crippen molar-refractivity contribution >= 4 is 23.6 Å². The molecule has 2 aliphatic rings. The molecule has 2 heterocycles. The largest absolute Gasteiger partial charge is 0.434 e. The maximum atomic E-state index is 13.5. The number of pyridine rings is 1. The molecule has 1 aromatic rings. The molecule has 1 aromatic heterocycles. The first kappa shape index (κ1) is 21.5. The lowest BCUT2D eigenvalue weighted by Gasteiger charge is -2.34. The Morgan fingerprint density at radius 1 is 1.31 bits per heavy atom. The van der Waals surface area contributed by atoms with Crippen LogP contribution in [0.1, 0.15) is 43.1 Å². The molecule has 29 heavy (non-hydrogen) atoms. The van der Waals surface area contributed by atoms with E-state index in [4.69, 9.17) is 16.3 Å². The minimum atomic E-state index is -4.83. The number of carbonyl (C=O) groups is 2. The van der Waals surface area contributed by atoms with Crippen LogP contribution in [0.4, 0.5) is 26.7 Å². The molecule has 1 saturated carbocycles. The van der Waals surface area contributed by atoms with Crippen LogP contribution in [0.2, 0.25) is 5.02 Å². The molecule has 2 N–H and O–H groups in total. The molecule has 6 nitrogen and oxygen atoms in total. The van der Waals surface area contributed by atoms with Crippen LogP contribution < -0.4 is 10.6 Å². The minimum absolute atomic E-state index is 0.0215. The summed E-state index contributed by atoms with van der Waals surface area (Å²) < 4.78 is 71.4. The van der Waals surface area contributed by atoms with Crippen LogP contribution in [-0.4, -0.2) is 35.6 Å². The van der Waals surface area contributed by atoms with Gasteiger partial charge in [0.05, 0.1) is 23.3 Å². The van der Waals surface area contributed by atoms with E-state index in [-0.39, 0.29) is 25.1 Å². The number of amides is 2. The summed E-state index contributed by atoms with van der Waals surface area (Å²) in [6.45, 7) is -0.109. The molecule has 1 aliphatic carbocycles. The van der Waals surface area contributed by atoms with Crippen LogP contribution in [0.15, 0.2) is 12.1 Å². The Morgan fingerprint density at radius 3 is 2.52 bits per heavy atom. The summed E-state index contributed by atoms with van der Waals surface area (Å²) in [7, 11) is 0. The van der Waals surface area contributed by atoms with Gasteiger partial charge >= 0.3 is 12.3 Å². The average Bonchev–Trinajstić information content (AvgIpc) is 3.06. The maximum absolute atomic E-state index is 13.5. The summed E-state index contributed by atoms with van der Waals surface area (Å²) in [4.78, 5) is 27.1. The van der Waals surface area contributed by atoms with E-state index in [0.29, 0.717) is 0 Å². The quantitative estimate of drug-likeness (QED) is 0.696. The van der Waals surface area contributed by atoms with Crippen molar-refractivity contribution in [2.24, 2.45) is 5.92 Å². The maximum Gasteiger partial charge on any atom is 0.434 e. The highest BCUT2D eigenvalue weighted by molar-refractivity contribution is 6.31. The van der Waals surface area contributed by atoms with Gasteiger partial charge in [0.25, 0.3) is 5.91 Å². The smallest absolute Gasteiger partial charge is 0.434 e. The van der Waals surface area contributed by atoms with E-state index >= 15 is 0 Å². The van der Waals surface area contributed by atoms with Crippen molar-refractivity contribution in [2.75, 3.05) is 6.54 Å². The normalized spacial score (nSPS) is 23.2. The second-order valence-electron chi connectivity index (χ2n) is 7.02. The number of aromatic nitrogens is 1. The number of nitrogens with zero attached hydrogens (tertiary/aromatic N) is 1. The summed E-state index contributed by atoms with van der Waals surface area (Å²) in [6.07, 6.45) is -7.76. The van der Waals surface area contributed by atoms with E-state index in [1.807, 2.05) is 0 Å². The van der Waals surface area contributed by atoms with E-state index < -0.39 is 65.7 Å². The first-order valence-corrected chi connectivity index (χ1v) is 9.20. The van der Waals surface area contributed by atoms with Crippen molar-refractivity contribution < 1.29 is 36.3 Å². The van der Waals surface area contributed by atoms with Gasteiger partial charge in [-0.3, -0.25) is 4.79 Å². The zero-order valence-corrected chi connectivity index (χ0v) is 15.6. The molecule has 1 saturated heterocycles. The van der Waals surface area contributed by atoms with Crippen molar-refractivity contribution in [1.29, 1.82) is 0 Å². The van der Waals surface area contributed by atoms with E-state index in [0.717, 1.165) is 6.07 Å². The van der Waals surface area contributed by atoms with Crippen molar-refractivity contribution in [3.8, 4) is 0 Å². The Labute approximate surface area is 167 Å². The number of cyclic esters (lactones) is 1. The zero-order chi connectivity index (χ0) is 21.4. The number of nitrogens with one attached hydrogen (secondary N) is 2. The molecule has 0 aromatic carbocycles. The SMILES string of the molecule is O=C1NC[C@@H](C(=O)N[C@H](c2ccc(Cl)c(C(F)(F)F)n2)C2CCC(F)(F)CC2)O1. The summed E-state index contributed by atoms with van der Waals surface area (Å²) in [5.41, 5.74) is -1.48. The predicted octanol–water partition coefficient (Wildman–Crippen LogP) is 3.85. The summed E-state index contributed by atoms with van der Waals surface area (Å²) in [6, 6.07) is 1.14. The number of alkyl carbamates (subject to hydrolysis) is 1. The molecule has 2 atom stereocenters. The second kappa shape index (κ2) is 7.92. The fraction of sp³-hybridized carbons (Fsp3) is 0.588. The lowest BCUT2D eigenvalue weighted by Crippen LogP contribution is -2.43. The van der Waals surface area contributed by atoms with E-state index in [1.54, 1.807) is 0 Å². The average molecular weight is 442 g/mol. The van der Waals surface area contributed by atoms with Gasteiger partial charge < -0.3 is 15.4 Å². The molecule has 3 rings (SSSR count). The first-order valence-electron chi connectivity index (χ1n) is 8.82. The molecule has 2 fully saturated rings. The summed E-state index contributed by atoms with van der Waals surface area (Å²) in [5.74, 6) is -4.19. The van der Waals surface area contributed by atoms with Gasteiger partial charge in [0.2, 0.25) is 5.92 Å². The van der Waals surface area contributed by atoms with Crippen LogP contribution in [0.3, 0.4) is 0 Å². The molecule has 0 radical (unpaired) electrons. The molecule has 0 spiro atoms. The highest BCUT2D eigenvalue weighted by Gasteiger charge is 2.42. The third kappa shape index (κ3) is 5.06.